The Morgan fingerprint density at radius 1 is 0.862 bits per heavy atom. The Hall–Kier alpha value is -1.92. The molecule has 2 amide bonds. The number of piperazine rings is 1. The van der Waals surface area contributed by atoms with Crippen LogP contribution in [0.1, 0.15) is 44.7 Å². The van der Waals surface area contributed by atoms with Gasteiger partial charge in [0.25, 0.3) is 0 Å². The van der Waals surface area contributed by atoms with Crippen molar-refractivity contribution in [3.8, 4) is 0 Å². The number of carbonyl (C=O) groups is 2. The fourth-order valence-electron chi connectivity index (χ4n) is 4.26. The molecule has 1 aromatic rings. The first-order valence-corrected chi connectivity index (χ1v) is 11.1. The zero-order chi connectivity index (χ0) is 20.6. The fraction of sp³-hybridized carbons (Fsp3) is 0.652. The molecule has 6 nitrogen and oxygen atoms in total. The Kier molecular flexibility index (Phi) is 8.07. The largest absolute Gasteiger partial charge is 0.348 e. The number of nitrogens with one attached hydrogen (secondary N) is 1. The van der Waals surface area contributed by atoms with E-state index in [1.165, 1.54) is 6.42 Å². The van der Waals surface area contributed by atoms with E-state index in [0.29, 0.717) is 19.0 Å². The van der Waals surface area contributed by atoms with Crippen molar-refractivity contribution in [2.24, 2.45) is 5.92 Å². The summed E-state index contributed by atoms with van der Waals surface area (Å²) in [5, 5.41) is 3.21. The Balaban J connectivity index is 1.41. The summed E-state index contributed by atoms with van der Waals surface area (Å²) in [4.78, 5) is 31.5. The third kappa shape index (κ3) is 6.54. The minimum absolute atomic E-state index is 0.0344. The highest BCUT2D eigenvalue weighted by molar-refractivity contribution is 5.79. The van der Waals surface area contributed by atoms with Crippen LogP contribution in [-0.4, -0.2) is 78.9 Å². The number of amides is 2. The number of benzene rings is 1. The van der Waals surface area contributed by atoms with Crippen molar-refractivity contribution in [3.05, 3.63) is 35.9 Å². The molecule has 29 heavy (non-hydrogen) atoms. The second-order valence-electron chi connectivity index (χ2n) is 8.69. The number of nitrogens with zero attached hydrogens (tertiary/aromatic N) is 3. The van der Waals surface area contributed by atoms with Crippen LogP contribution >= 0.6 is 0 Å². The van der Waals surface area contributed by atoms with E-state index in [1.807, 2.05) is 23.1 Å². The highest BCUT2D eigenvalue weighted by Crippen LogP contribution is 2.21. The van der Waals surface area contributed by atoms with Crippen LogP contribution in [0.5, 0.6) is 0 Å². The predicted molar refractivity (Wildman–Crippen MR) is 115 cm³/mol. The normalized spacial score (nSPS) is 19.9. The monoisotopic (exact) mass is 400 g/mol. The molecule has 0 radical (unpaired) electrons. The molecule has 1 unspecified atom stereocenters. The zero-order valence-corrected chi connectivity index (χ0v) is 18.0. The molecule has 0 aromatic heterocycles. The first-order chi connectivity index (χ1) is 14.0. The van der Waals surface area contributed by atoms with Gasteiger partial charge >= 0.3 is 0 Å². The molecule has 6 heteroatoms. The van der Waals surface area contributed by atoms with E-state index < -0.39 is 0 Å². The SMILES string of the molecule is CC(C)C(NC(=O)CN1CCN(CC(=O)N2CCCCC2)CC1)c1ccccc1. The van der Waals surface area contributed by atoms with Gasteiger partial charge in [-0.1, -0.05) is 44.2 Å². The minimum Gasteiger partial charge on any atom is -0.348 e. The second kappa shape index (κ2) is 10.7. The van der Waals surface area contributed by atoms with Gasteiger partial charge < -0.3 is 10.2 Å². The lowest BCUT2D eigenvalue weighted by molar-refractivity contribution is -0.134. The fourth-order valence-corrected chi connectivity index (χ4v) is 4.26. The lowest BCUT2D eigenvalue weighted by atomic mass is 9.96. The summed E-state index contributed by atoms with van der Waals surface area (Å²) in [7, 11) is 0. The van der Waals surface area contributed by atoms with E-state index in [4.69, 9.17) is 0 Å². The summed E-state index contributed by atoms with van der Waals surface area (Å²) in [6.07, 6.45) is 3.51. The molecule has 2 saturated heterocycles. The molecule has 0 spiro atoms. The maximum absolute atomic E-state index is 12.6. The van der Waals surface area contributed by atoms with Crippen LogP contribution < -0.4 is 5.32 Å². The molecule has 1 aromatic carbocycles. The summed E-state index contributed by atoms with van der Waals surface area (Å²) in [6, 6.07) is 10.2. The summed E-state index contributed by atoms with van der Waals surface area (Å²) in [5.74, 6) is 0.669. The summed E-state index contributed by atoms with van der Waals surface area (Å²) in [6.45, 7) is 10.4. The molecule has 0 saturated carbocycles. The van der Waals surface area contributed by atoms with Gasteiger partial charge in [-0.05, 0) is 30.7 Å². The molecule has 2 fully saturated rings. The summed E-state index contributed by atoms with van der Waals surface area (Å²) < 4.78 is 0. The molecule has 1 atom stereocenters. The number of piperidine rings is 1. The number of hydrogen-bond acceptors (Lipinski definition) is 4. The van der Waals surface area contributed by atoms with Crippen LogP contribution in [0.3, 0.4) is 0 Å². The van der Waals surface area contributed by atoms with Crippen molar-refractivity contribution in [2.45, 2.75) is 39.2 Å². The molecule has 2 aliphatic heterocycles. The van der Waals surface area contributed by atoms with Gasteiger partial charge in [-0.3, -0.25) is 19.4 Å². The smallest absolute Gasteiger partial charge is 0.236 e. The molecular weight excluding hydrogens is 364 g/mol. The Morgan fingerprint density at radius 3 is 2.03 bits per heavy atom. The maximum atomic E-state index is 12.6. The maximum Gasteiger partial charge on any atom is 0.236 e. The van der Waals surface area contributed by atoms with Gasteiger partial charge in [0.1, 0.15) is 0 Å². The van der Waals surface area contributed by atoms with Crippen molar-refractivity contribution in [1.82, 2.24) is 20.0 Å². The Bertz CT molecular complexity index is 650. The third-order valence-corrected chi connectivity index (χ3v) is 6.04. The quantitative estimate of drug-likeness (QED) is 0.762. The first kappa shape index (κ1) is 21.8. The van der Waals surface area contributed by atoms with Crippen LogP contribution in [-0.2, 0) is 9.59 Å². The van der Waals surface area contributed by atoms with Crippen molar-refractivity contribution >= 4 is 11.8 Å². The van der Waals surface area contributed by atoms with Gasteiger partial charge in [-0.15, -0.1) is 0 Å². The molecule has 160 valence electrons. The lowest BCUT2D eigenvalue weighted by Gasteiger charge is -2.36. The topological polar surface area (TPSA) is 55.9 Å². The molecule has 0 bridgehead atoms. The standard InChI is InChI=1S/C23H36N4O2/c1-19(2)23(20-9-5-3-6-10-20)24-21(28)17-25-13-15-26(16-14-25)18-22(29)27-11-7-4-8-12-27/h3,5-6,9-10,19,23H,4,7-8,11-18H2,1-2H3,(H,24,28). The molecule has 0 aliphatic carbocycles. The van der Waals surface area contributed by atoms with E-state index in [0.717, 1.165) is 57.7 Å². The first-order valence-electron chi connectivity index (χ1n) is 11.1. The molecular formula is C23H36N4O2. The number of likely N-dealkylation sites (tertiary alicyclic amines) is 1. The Morgan fingerprint density at radius 2 is 1.45 bits per heavy atom. The van der Waals surface area contributed by atoms with Crippen LogP contribution in [0.25, 0.3) is 0 Å². The summed E-state index contributed by atoms with van der Waals surface area (Å²) in [5.41, 5.74) is 1.15. The lowest BCUT2D eigenvalue weighted by Crippen LogP contribution is -2.52. The van der Waals surface area contributed by atoms with Crippen LogP contribution in [0.15, 0.2) is 30.3 Å². The molecule has 2 aliphatic rings. The molecule has 3 rings (SSSR count). The number of hydrogen-bond donors (Lipinski definition) is 1. The van der Waals surface area contributed by atoms with Gasteiger partial charge in [0, 0.05) is 39.3 Å². The average Bonchev–Trinajstić information content (AvgIpc) is 2.74. The van der Waals surface area contributed by atoms with E-state index in [1.54, 1.807) is 0 Å². The minimum atomic E-state index is 0.0344. The van der Waals surface area contributed by atoms with Crippen molar-refractivity contribution in [2.75, 3.05) is 52.4 Å². The van der Waals surface area contributed by atoms with Gasteiger partial charge in [0.15, 0.2) is 0 Å². The summed E-state index contributed by atoms with van der Waals surface area (Å²) >= 11 is 0. The highest BCUT2D eigenvalue weighted by atomic mass is 16.2. The average molecular weight is 401 g/mol. The van der Waals surface area contributed by atoms with Crippen LogP contribution in [0.4, 0.5) is 0 Å². The molecule has 2 heterocycles. The van der Waals surface area contributed by atoms with Crippen molar-refractivity contribution in [1.29, 1.82) is 0 Å². The predicted octanol–water partition coefficient (Wildman–Crippen LogP) is 2.13. The van der Waals surface area contributed by atoms with Gasteiger partial charge in [0.05, 0.1) is 19.1 Å². The van der Waals surface area contributed by atoms with E-state index >= 15 is 0 Å². The van der Waals surface area contributed by atoms with Gasteiger partial charge in [-0.25, -0.2) is 0 Å². The van der Waals surface area contributed by atoms with E-state index in [-0.39, 0.29) is 17.9 Å². The second-order valence-corrected chi connectivity index (χ2v) is 8.69. The number of carbonyl (C=O) groups excluding carboxylic acids is 2. The van der Waals surface area contributed by atoms with Gasteiger partial charge in [0.2, 0.25) is 11.8 Å². The Labute approximate surface area is 175 Å². The molecule has 1 N–H and O–H groups in total. The van der Waals surface area contributed by atoms with Gasteiger partial charge in [-0.2, -0.15) is 0 Å². The van der Waals surface area contributed by atoms with Crippen LogP contribution in [0, 0.1) is 5.92 Å². The van der Waals surface area contributed by atoms with Crippen molar-refractivity contribution < 1.29 is 9.59 Å². The third-order valence-electron chi connectivity index (χ3n) is 6.04. The highest BCUT2D eigenvalue weighted by Gasteiger charge is 2.25. The zero-order valence-electron chi connectivity index (χ0n) is 18.0. The van der Waals surface area contributed by atoms with Crippen LogP contribution in [0.2, 0.25) is 0 Å². The van der Waals surface area contributed by atoms with Crippen molar-refractivity contribution in [3.63, 3.8) is 0 Å². The number of rotatable bonds is 7. The van der Waals surface area contributed by atoms with E-state index in [9.17, 15) is 9.59 Å². The van der Waals surface area contributed by atoms with E-state index in [2.05, 4.69) is 41.1 Å².